The van der Waals surface area contributed by atoms with Crippen molar-refractivity contribution in [2.45, 2.75) is 46.5 Å². The Morgan fingerprint density at radius 2 is 1.60 bits per heavy atom. The lowest BCUT2D eigenvalue weighted by Crippen LogP contribution is -2.25. The Morgan fingerprint density at radius 3 is 1.93 bits per heavy atom. The van der Waals surface area contributed by atoms with E-state index in [2.05, 4.69) is 13.8 Å². The molecule has 0 saturated heterocycles. The van der Waals surface area contributed by atoms with Crippen molar-refractivity contribution in [2.24, 2.45) is 5.41 Å². The first-order valence-corrected chi connectivity index (χ1v) is 8.07. The quantitative estimate of drug-likeness (QED) is 0.623. The van der Waals surface area contributed by atoms with Gasteiger partial charge in [0.15, 0.2) is 0 Å². The van der Waals surface area contributed by atoms with Crippen LogP contribution in [0.5, 0.6) is 0 Å². The molecule has 0 saturated carbocycles. The van der Waals surface area contributed by atoms with Gasteiger partial charge in [-0.15, -0.1) is 11.6 Å². The normalized spacial score (nSPS) is 13.1. The Hall–Kier alpha value is 0.240. The third-order valence-electron chi connectivity index (χ3n) is 3.24. The van der Waals surface area contributed by atoms with Crippen molar-refractivity contribution in [3.8, 4) is 0 Å². The number of halogens is 1. The molecule has 15 heavy (non-hydrogen) atoms. The van der Waals surface area contributed by atoms with E-state index in [1.165, 1.54) is 0 Å². The van der Waals surface area contributed by atoms with Crippen LogP contribution < -0.4 is 0 Å². The summed E-state index contributed by atoms with van der Waals surface area (Å²) in [6, 6.07) is 0. The van der Waals surface area contributed by atoms with Crippen LogP contribution in [0.25, 0.3) is 0 Å². The van der Waals surface area contributed by atoms with Gasteiger partial charge in [0.2, 0.25) is 0 Å². The Labute approximate surface area is 99.3 Å². The molecular weight excluding hydrogens is 232 g/mol. The average molecular weight is 255 g/mol. The van der Waals surface area contributed by atoms with E-state index in [0.29, 0.717) is 24.5 Å². The molecule has 0 aliphatic rings. The Balaban J connectivity index is 4.34. The van der Waals surface area contributed by atoms with Gasteiger partial charge < -0.3 is 0 Å². The van der Waals surface area contributed by atoms with Crippen LogP contribution >= 0.6 is 11.6 Å². The lowest BCUT2D eigenvalue weighted by Gasteiger charge is -2.29. The molecule has 4 heteroatoms. The molecule has 0 radical (unpaired) electrons. The highest BCUT2D eigenvalue weighted by Gasteiger charge is 2.27. The first-order valence-electron chi connectivity index (χ1n) is 5.71. The molecule has 0 heterocycles. The van der Waals surface area contributed by atoms with Gasteiger partial charge >= 0.3 is 0 Å². The molecule has 0 bridgehead atoms. The third kappa shape index (κ3) is 5.21. The number of rotatable bonds is 8. The highest BCUT2D eigenvalue weighted by Crippen LogP contribution is 2.32. The van der Waals surface area contributed by atoms with Gasteiger partial charge in [0, 0.05) is 11.6 Å². The molecule has 0 aliphatic heterocycles. The largest absolute Gasteiger partial charge is 0.229 e. The molecule has 0 fully saturated rings. The molecule has 0 unspecified atom stereocenters. The Bertz CT molecular complexity index is 247. The van der Waals surface area contributed by atoms with Crippen LogP contribution in [0.1, 0.15) is 46.5 Å². The first-order chi connectivity index (χ1) is 6.95. The second-order valence-corrected chi connectivity index (χ2v) is 6.81. The maximum Gasteiger partial charge on any atom is 0.150 e. The predicted octanol–water partition coefficient (Wildman–Crippen LogP) is 3.25. The summed E-state index contributed by atoms with van der Waals surface area (Å²) in [5.74, 6) is 1.15. The summed E-state index contributed by atoms with van der Waals surface area (Å²) < 4.78 is 23.2. The number of hydrogen-bond acceptors (Lipinski definition) is 2. The lowest BCUT2D eigenvalue weighted by molar-refractivity contribution is 0.293. The van der Waals surface area contributed by atoms with Crippen molar-refractivity contribution in [3.63, 3.8) is 0 Å². The van der Waals surface area contributed by atoms with Crippen molar-refractivity contribution >= 4 is 21.4 Å². The summed E-state index contributed by atoms with van der Waals surface area (Å²) >= 11 is 5.94. The van der Waals surface area contributed by atoms with Crippen LogP contribution in [-0.4, -0.2) is 25.8 Å². The van der Waals surface area contributed by atoms with Crippen molar-refractivity contribution in [2.75, 3.05) is 17.4 Å². The second kappa shape index (κ2) is 6.74. The van der Waals surface area contributed by atoms with Crippen LogP contribution in [0.3, 0.4) is 0 Å². The monoisotopic (exact) mass is 254 g/mol. The molecule has 0 spiro atoms. The van der Waals surface area contributed by atoms with E-state index in [1.807, 2.05) is 6.92 Å². The maximum atomic E-state index is 11.6. The van der Waals surface area contributed by atoms with Crippen molar-refractivity contribution < 1.29 is 8.42 Å². The van der Waals surface area contributed by atoms with Crippen molar-refractivity contribution in [1.29, 1.82) is 0 Å². The van der Waals surface area contributed by atoms with E-state index in [4.69, 9.17) is 11.6 Å². The minimum Gasteiger partial charge on any atom is -0.229 e. The maximum absolute atomic E-state index is 11.6. The number of sulfone groups is 1. The zero-order valence-electron chi connectivity index (χ0n) is 10.1. The SMILES string of the molecule is CCCS(=O)(=O)CCC(CC)(CC)CCl. The summed E-state index contributed by atoms with van der Waals surface area (Å²) in [4.78, 5) is 0. The first kappa shape index (κ1) is 15.2. The highest BCUT2D eigenvalue weighted by molar-refractivity contribution is 7.91. The minimum absolute atomic E-state index is 0.0162. The minimum atomic E-state index is -2.85. The van der Waals surface area contributed by atoms with E-state index in [9.17, 15) is 8.42 Å². The molecule has 0 N–H and O–H groups in total. The van der Waals surface area contributed by atoms with Crippen molar-refractivity contribution in [3.05, 3.63) is 0 Å². The van der Waals surface area contributed by atoms with Gasteiger partial charge in [0.05, 0.1) is 5.75 Å². The van der Waals surface area contributed by atoms with Crippen LogP contribution in [0.4, 0.5) is 0 Å². The second-order valence-electron chi connectivity index (χ2n) is 4.24. The summed E-state index contributed by atoms with van der Waals surface area (Å²) in [6.45, 7) is 6.06. The zero-order valence-corrected chi connectivity index (χ0v) is 11.6. The smallest absolute Gasteiger partial charge is 0.150 e. The predicted molar refractivity (Wildman–Crippen MR) is 67.3 cm³/mol. The number of hydrogen-bond donors (Lipinski definition) is 0. The van der Waals surface area contributed by atoms with E-state index in [-0.39, 0.29) is 11.2 Å². The summed E-state index contributed by atoms with van der Waals surface area (Å²) in [5, 5.41) is 0. The topological polar surface area (TPSA) is 34.1 Å². The van der Waals surface area contributed by atoms with Gasteiger partial charge in [-0.25, -0.2) is 8.42 Å². The highest BCUT2D eigenvalue weighted by atomic mass is 35.5. The number of alkyl halides is 1. The van der Waals surface area contributed by atoms with Crippen LogP contribution in [0.15, 0.2) is 0 Å². The zero-order chi connectivity index (χ0) is 11.9. The summed E-state index contributed by atoms with van der Waals surface area (Å²) in [7, 11) is -2.85. The Kier molecular flexibility index (Phi) is 6.85. The lowest BCUT2D eigenvalue weighted by atomic mass is 9.82. The summed E-state index contributed by atoms with van der Waals surface area (Å²) in [5.41, 5.74) is 0.0162. The van der Waals surface area contributed by atoms with Gasteiger partial charge in [-0.3, -0.25) is 0 Å². The van der Waals surface area contributed by atoms with E-state index in [1.54, 1.807) is 0 Å². The molecule has 0 rings (SSSR count). The third-order valence-corrected chi connectivity index (χ3v) is 5.67. The van der Waals surface area contributed by atoms with Crippen LogP contribution in [-0.2, 0) is 9.84 Å². The van der Waals surface area contributed by atoms with E-state index >= 15 is 0 Å². The van der Waals surface area contributed by atoms with Gasteiger partial charge in [-0.1, -0.05) is 20.8 Å². The summed E-state index contributed by atoms with van der Waals surface area (Å²) in [6.07, 6.45) is 3.31. The van der Waals surface area contributed by atoms with Crippen molar-refractivity contribution in [1.82, 2.24) is 0 Å². The van der Waals surface area contributed by atoms with E-state index < -0.39 is 9.84 Å². The molecule has 0 aliphatic carbocycles. The Morgan fingerprint density at radius 1 is 1.07 bits per heavy atom. The molecule has 0 atom stereocenters. The standard InChI is InChI=1S/C11H23ClO2S/c1-4-8-15(13,14)9-7-11(5-2,6-3)10-12/h4-10H2,1-3H3. The molecule has 0 aromatic carbocycles. The molecule has 0 aromatic heterocycles. The molecule has 0 aromatic rings. The van der Waals surface area contributed by atoms with Gasteiger partial charge in [-0.2, -0.15) is 0 Å². The van der Waals surface area contributed by atoms with Crippen LogP contribution in [0.2, 0.25) is 0 Å². The van der Waals surface area contributed by atoms with Crippen LogP contribution in [0, 0.1) is 5.41 Å². The fourth-order valence-electron chi connectivity index (χ4n) is 1.64. The van der Waals surface area contributed by atoms with E-state index in [0.717, 1.165) is 12.8 Å². The fraction of sp³-hybridized carbons (Fsp3) is 1.00. The average Bonchev–Trinajstić information content (AvgIpc) is 2.21. The molecule has 0 amide bonds. The molecular formula is C11H23ClO2S. The van der Waals surface area contributed by atoms with Gasteiger partial charge in [0.25, 0.3) is 0 Å². The molecule has 2 nitrogen and oxygen atoms in total. The van der Waals surface area contributed by atoms with Gasteiger partial charge in [-0.05, 0) is 31.1 Å². The molecule has 92 valence electrons. The van der Waals surface area contributed by atoms with Gasteiger partial charge in [0.1, 0.15) is 9.84 Å². The fourth-order valence-corrected chi connectivity index (χ4v) is 3.73.